The molecule has 0 radical (unpaired) electrons. The van der Waals surface area contributed by atoms with Crippen LogP contribution < -0.4 is 15.8 Å². The van der Waals surface area contributed by atoms with E-state index in [0.717, 1.165) is 16.9 Å². The SMILES string of the molecule is Nc1nc(NCc2ccc(OCc3ccccc3)cc2)nc2nc(-c3ccco3)nn12. The first-order valence-electron chi connectivity index (χ1n) is 9.68. The number of anilines is 2. The van der Waals surface area contributed by atoms with Crippen LogP contribution in [0, 0.1) is 0 Å². The van der Waals surface area contributed by atoms with Gasteiger partial charge in [0.25, 0.3) is 5.78 Å². The van der Waals surface area contributed by atoms with Crippen LogP contribution in [0.1, 0.15) is 11.1 Å². The molecule has 0 fully saturated rings. The molecule has 154 valence electrons. The van der Waals surface area contributed by atoms with Crippen molar-refractivity contribution in [2.45, 2.75) is 13.2 Å². The van der Waals surface area contributed by atoms with Crippen LogP contribution >= 0.6 is 0 Å². The van der Waals surface area contributed by atoms with Crippen molar-refractivity contribution in [3.63, 3.8) is 0 Å². The van der Waals surface area contributed by atoms with E-state index in [-0.39, 0.29) is 5.95 Å². The van der Waals surface area contributed by atoms with Gasteiger partial charge in [-0.3, -0.25) is 0 Å². The zero-order valence-corrected chi connectivity index (χ0v) is 16.5. The minimum Gasteiger partial charge on any atom is -0.489 e. The predicted octanol–water partition coefficient (Wildman–Crippen LogP) is 3.55. The van der Waals surface area contributed by atoms with Gasteiger partial charge in [0.2, 0.25) is 17.7 Å². The molecule has 0 amide bonds. The molecule has 9 nitrogen and oxygen atoms in total. The Labute approximate surface area is 177 Å². The summed E-state index contributed by atoms with van der Waals surface area (Å²) >= 11 is 0. The second-order valence-electron chi connectivity index (χ2n) is 6.80. The van der Waals surface area contributed by atoms with E-state index in [9.17, 15) is 0 Å². The van der Waals surface area contributed by atoms with Crippen molar-refractivity contribution < 1.29 is 9.15 Å². The number of benzene rings is 2. The van der Waals surface area contributed by atoms with Crippen molar-refractivity contribution in [3.05, 3.63) is 84.1 Å². The summed E-state index contributed by atoms with van der Waals surface area (Å²) in [5.74, 6) is 2.63. The summed E-state index contributed by atoms with van der Waals surface area (Å²) in [5, 5.41) is 7.45. The quantitative estimate of drug-likeness (QED) is 0.416. The first-order chi connectivity index (χ1) is 15.2. The smallest absolute Gasteiger partial charge is 0.259 e. The van der Waals surface area contributed by atoms with Gasteiger partial charge in [-0.05, 0) is 35.4 Å². The van der Waals surface area contributed by atoms with Crippen LogP contribution in [-0.4, -0.2) is 24.6 Å². The number of ether oxygens (including phenoxy) is 1. The minimum atomic E-state index is 0.183. The minimum absolute atomic E-state index is 0.183. The molecule has 9 heteroatoms. The number of nitrogen functional groups attached to an aromatic ring is 1. The number of hydrogen-bond acceptors (Lipinski definition) is 8. The van der Waals surface area contributed by atoms with Crippen molar-refractivity contribution in [2.24, 2.45) is 0 Å². The van der Waals surface area contributed by atoms with Gasteiger partial charge in [0, 0.05) is 6.54 Å². The molecule has 0 atom stereocenters. The highest BCUT2D eigenvalue weighted by molar-refractivity contribution is 5.52. The Morgan fingerprint density at radius 1 is 0.903 bits per heavy atom. The average Bonchev–Trinajstić information content (AvgIpc) is 3.48. The maximum atomic E-state index is 6.02. The zero-order chi connectivity index (χ0) is 21.0. The van der Waals surface area contributed by atoms with Gasteiger partial charge in [0.15, 0.2) is 5.76 Å². The molecule has 2 aromatic carbocycles. The Morgan fingerprint density at radius 2 is 1.74 bits per heavy atom. The average molecular weight is 413 g/mol. The summed E-state index contributed by atoms with van der Waals surface area (Å²) in [6, 6.07) is 21.4. The number of hydrogen-bond donors (Lipinski definition) is 2. The highest BCUT2D eigenvalue weighted by atomic mass is 16.5. The molecule has 0 saturated carbocycles. The largest absolute Gasteiger partial charge is 0.489 e. The van der Waals surface area contributed by atoms with E-state index in [1.54, 1.807) is 18.4 Å². The van der Waals surface area contributed by atoms with Crippen LogP contribution in [0.5, 0.6) is 5.75 Å². The summed E-state index contributed by atoms with van der Waals surface area (Å²) in [7, 11) is 0. The van der Waals surface area contributed by atoms with Crippen LogP contribution in [0.4, 0.5) is 11.9 Å². The third kappa shape index (κ3) is 4.15. The van der Waals surface area contributed by atoms with Gasteiger partial charge in [-0.1, -0.05) is 42.5 Å². The number of fused-ring (bicyclic) bond motifs is 1. The van der Waals surface area contributed by atoms with E-state index >= 15 is 0 Å². The Kier molecular flexibility index (Phi) is 4.89. The predicted molar refractivity (Wildman–Crippen MR) is 115 cm³/mol. The first-order valence-corrected chi connectivity index (χ1v) is 9.68. The normalized spacial score (nSPS) is 11.0. The van der Waals surface area contributed by atoms with E-state index in [4.69, 9.17) is 14.9 Å². The van der Waals surface area contributed by atoms with E-state index in [0.29, 0.717) is 36.5 Å². The van der Waals surface area contributed by atoms with Gasteiger partial charge >= 0.3 is 0 Å². The molecule has 3 aromatic heterocycles. The zero-order valence-electron chi connectivity index (χ0n) is 16.5. The lowest BCUT2D eigenvalue weighted by atomic mass is 10.2. The number of aromatic nitrogens is 5. The summed E-state index contributed by atoms with van der Waals surface area (Å²) in [4.78, 5) is 13.0. The summed E-state index contributed by atoms with van der Waals surface area (Å²) in [6.45, 7) is 1.05. The molecule has 0 unspecified atom stereocenters. The molecule has 5 aromatic rings. The van der Waals surface area contributed by atoms with Crippen molar-refractivity contribution in [2.75, 3.05) is 11.1 Å². The molecule has 0 aliphatic rings. The molecule has 0 aliphatic heterocycles. The van der Waals surface area contributed by atoms with Crippen molar-refractivity contribution >= 4 is 17.7 Å². The fraction of sp³-hybridized carbons (Fsp3) is 0.0909. The summed E-state index contributed by atoms with van der Waals surface area (Å²) in [6.07, 6.45) is 1.56. The van der Waals surface area contributed by atoms with Crippen LogP contribution in [0.2, 0.25) is 0 Å². The van der Waals surface area contributed by atoms with Crippen molar-refractivity contribution in [1.82, 2.24) is 24.6 Å². The van der Waals surface area contributed by atoms with Gasteiger partial charge in [-0.25, -0.2) is 0 Å². The molecule has 0 saturated heterocycles. The highest BCUT2D eigenvalue weighted by Gasteiger charge is 2.13. The molecule has 31 heavy (non-hydrogen) atoms. The third-order valence-electron chi connectivity index (χ3n) is 4.60. The second kappa shape index (κ2) is 8.15. The van der Waals surface area contributed by atoms with E-state index in [1.165, 1.54) is 4.52 Å². The van der Waals surface area contributed by atoms with Crippen molar-refractivity contribution in [3.8, 4) is 17.3 Å². The summed E-state index contributed by atoms with van der Waals surface area (Å²) in [5.41, 5.74) is 8.19. The lowest BCUT2D eigenvalue weighted by Gasteiger charge is -2.08. The molecular weight excluding hydrogens is 394 g/mol. The van der Waals surface area contributed by atoms with Crippen LogP contribution in [0.3, 0.4) is 0 Å². The number of nitrogens with two attached hydrogens (primary N) is 1. The third-order valence-corrected chi connectivity index (χ3v) is 4.60. The second-order valence-corrected chi connectivity index (χ2v) is 6.80. The Balaban J connectivity index is 1.24. The van der Waals surface area contributed by atoms with Crippen molar-refractivity contribution in [1.29, 1.82) is 0 Å². The van der Waals surface area contributed by atoms with Gasteiger partial charge in [0.05, 0.1) is 6.26 Å². The lowest BCUT2D eigenvalue weighted by Crippen LogP contribution is -2.09. The standard InChI is InChI=1S/C22H19N7O2/c23-20-26-21(27-22-25-19(28-29(20)22)18-7-4-12-30-18)24-13-15-8-10-17(11-9-15)31-14-16-5-2-1-3-6-16/h1-12H,13-14H2,(H3,23,24,25,26,27,28). The van der Waals surface area contributed by atoms with E-state index in [1.807, 2.05) is 54.6 Å². The summed E-state index contributed by atoms with van der Waals surface area (Å²) < 4.78 is 12.5. The topological polar surface area (TPSA) is 116 Å². The number of rotatable bonds is 7. The van der Waals surface area contributed by atoms with Gasteiger partial charge < -0.3 is 20.2 Å². The monoisotopic (exact) mass is 413 g/mol. The van der Waals surface area contributed by atoms with Crippen LogP contribution in [0.15, 0.2) is 77.4 Å². The fourth-order valence-electron chi connectivity index (χ4n) is 3.02. The molecule has 0 bridgehead atoms. The highest BCUT2D eigenvalue weighted by Crippen LogP contribution is 2.18. The molecule has 0 spiro atoms. The first kappa shape index (κ1) is 18.6. The Morgan fingerprint density at radius 3 is 2.52 bits per heavy atom. The number of furan rings is 1. The van der Waals surface area contributed by atoms with Gasteiger partial charge in [0.1, 0.15) is 12.4 Å². The molecular formula is C22H19N7O2. The molecule has 3 heterocycles. The number of nitrogens with zero attached hydrogens (tertiary/aromatic N) is 5. The van der Waals surface area contributed by atoms with E-state index < -0.39 is 0 Å². The Hall–Kier alpha value is -4.40. The maximum absolute atomic E-state index is 6.02. The maximum Gasteiger partial charge on any atom is 0.259 e. The molecule has 0 aliphatic carbocycles. The number of nitrogens with one attached hydrogen (secondary N) is 1. The van der Waals surface area contributed by atoms with Gasteiger partial charge in [-0.15, -0.1) is 5.10 Å². The van der Waals surface area contributed by atoms with Gasteiger partial charge in [-0.2, -0.15) is 19.5 Å². The Bertz CT molecular complexity index is 1280. The van der Waals surface area contributed by atoms with E-state index in [2.05, 4.69) is 25.4 Å². The van der Waals surface area contributed by atoms with Crippen LogP contribution in [-0.2, 0) is 13.2 Å². The van der Waals surface area contributed by atoms with Crippen LogP contribution in [0.25, 0.3) is 17.4 Å². The molecule has 5 rings (SSSR count). The fourth-order valence-corrected chi connectivity index (χ4v) is 3.02. The lowest BCUT2D eigenvalue weighted by molar-refractivity contribution is 0.306. The molecule has 3 N–H and O–H groups in total.